The number of rotatable bonds is 3. The van der Waals surface area contributed by atoms with Gasteiger partial charge in [0.25, 0.3) is 5.91 Å². The third-order valence-corrected chi connectivity index (χ3v) is 4.43. The maximum Gasteiger partial charge on any atom is 0.261 e. The molecule has 1 aliphatic rings. The van der Waals surface area contributed by atoms with E-state index in [1.54, 1.807) is 11.3 Å². The van der Waals surface area contributed by atoms with Crippen molar-refractivity contribution in [1.29, 1.82) is 0 Å². The van der Waals surface area contributed by atoms with E-state index in [-0.39, 0.29) is 5.91 Å². The molecule has 2 N–H and O–H groups in total. The quantitative estimate of drug-likeness (QED) is 0.867. The van der Waals surface area contributed by atoms with Crippen molar-refractivity contribution in [3.8, 4) is 0 Å². The minimum Gasteiger partial charge on any atom is -0.349 e. The molecule has 3 nitrogen and oxygen atoms in total. The first-order chi connectivity index (χ1) is 8.19. The van der Waals surface area contributed by atoms with Crippen LogP contribution < -0.4 is 10.6 Å². The van der Waals surface area contributed by atoms with Crippen LogP contribution in [-0.2, 0) is 0 Å². The second kappa shape index (κ2) is 5.65. The van der Waals surface area contributed by atoms with E-state index in [4.69, 9.17) is 0 Å². The topological polar surface area (TPSA) is 41.1 Å². The number of thiophene rings is 1. The Hall–Kier alpha value is -0.870. The van der Waals surface area contributed by atoms with Crippen LogP contribution in [0.2, 0.25) is 0 Å². The molecule has 1 aromatic heterocycles. The Morgan fingerprint density at radius 1 is 1.24 bits per heavy atom. The molecule has 4 heteroatoms. The van der Waals surface area contributed by atoms with E-state index in [0.717, 1.165) is 30.6 Å². The summed E-state index contributed by atoms with van der Waals surface area (Å²) in [6.45, 7) is 2.03. The Bertz CT molecular complexity index is 381. The van der Waals surface area contributed by atoms with Crippen molar-refractivity contribution in [1.82, 2.24) is 10.6 Å². The van der Waals surface area contributed by atoms with Gasteiger partial charge >= 0.3 is 0 Å². The van der Waals surface area contributed by atoms with Gasteiger partial charge in [0.15, 0.2) is 0 Å². The van der Waals surface area contributed by atoms with Crippen molar-refractivity contribution in [3.63, 3.8) is 0 Å². The average molecular weight is 252 g/mol. The van der Waals surface area contributed by atoms with Crippen molar-refractivity contribution < 1.29 is 4.79 Å². The fraction of sp³-hybridized carbons (Fsp3) is 0.615. The molecule has 0 aliphatic heterocycles. The first-order valence-corrected chi connectivity index (χ1v) is 7.05. The Labute approximate surface area is 107 Å². The zero-order valence-electron chi connectivity index (χ0n) is 10.5. The van der Waals surface area contributed by atoms with Crippen LogP contribution in [0.15, 0.2) is 12.1 Å². The molecule has 1 aromatic rings. The number of nitrogens with one attached hydrogen (secondary N) is 2. The highest BCUT2D eigenvalue weighted by molar-refractivity contribution is 7.13. The van der Waals surface area contributed by atoms with E-state index in [2.05, 4.69) is 10.6 Å². The SMILES string of the molecule is CNC1CCC(NC(=O)c2ccc(C)s2)CC1. The highest BCUT2D eigenvalue weighted by Gasteiger charge is 2.21. The van der Waals surface area contributed by atoms with Gasteiger partial charge in [-0.1, -0.05) is 0 Å². The van der Waals surface area contributed by atoms with Crippen LogP contribution in [-0.4, -0.2) is 25.0 Å². The summed E-state index contributed by atoms with van der Waals surface area (Å²) in [6.07, 6.45) is 4.49. The molecule has 2 rings (SSSR count). The van der Waals surface area contributed by atoms with Crippen LogP contribution in [0.25, 0.3) is 0 Å². The molecule has 0 spiro atoms. The van der Waals surface area contributed by atoms with E-state index in [1.165, 1.54) is 4.88 Å². The van der Waals surface area contributed by atoms with Gasteiger partial charge in [0.05, 0.1) is 4.88 Å². The average Bonchev–Trinajstić information content (AvgIpc) is 2.77. The van der Waals surface area contributed by atoms with Crippen LogP contribution in [0.4, 0.5) is 0 Å². The predicted octanol–water partition coefficient (Wildman–Crippen LogP) is 2.32. The summed E-state index contributed by atoms with van der Waals surface area (Å²) in [6, 6.07) is 4.90. The van der Waals surface area contributed by atoms with Gasteiger partial charge in [-0.2, -0.15) is 0 Å². The molecule has 1 fully saturated rings. The van der Waals surface area contributed by atoms with Gasteiger partial charge < -0.3 is 10.6 Å². The maximum atomic E-state index is 12.0. The summed E-state index contributed by atoms with van der Waals surface area (Å²) in [5.74, 6) is 0.0935. The molecule has 1 amide bonds. The number of hydrogen-bond donors (Lipinski definition) is 2. The van der Waals surface area contributed by atoms with Gasteiger partial charge in [-0.25, -0.2) is 0 Å². The van der Waals surface area contributed by atoms with Gasteiger partial charge in [0, 0.05) is 17.0 Å². The summed E-state index contributed by atoms with van der Waals surface area (Å²) in [5.41, 5.74) is 0. The Balaban J connectivity index is 1.84. The lowest BCUT2D eigenvalue weighted by Crippen LogP contribution is -2.41. The fourth-order valence-corrected chi connectivity index (χ4v) is 3.11. The zero-order valence-corrected chi connectivity index (χ0v) is 11.3. The van der Waals surface area contributed by atoms with Gasteiger partial charge in [-0.3, -0.25) is 4.79 Å². The normalized spacial score (nSPS) is 24.6. The van der Waals surface area contributed by atoms with E-state index < -0.39 is 0 Å². The van der Waals surface area contributed by atoms with E-state index in [0.29, 0.717) is 12.1 Å². The van der Waals surface area contributed by atoms with Crippen LogP contribution in [0.1, 0.15) is 40.2 Å². The van der Waals surface area contributed by atoms with Crippen molar-refractivity contribution >= 4 is 17.2 Å². The third-order valence-electron chi connectivity index (χ3n) is 3.43. The molecule has 17 heavy (non-hydrogen) atoms. The molecule has 1 heterocycles. The van der Waals surface area contributed by atoms with Crippen molar-refractivity contribution in [2.75, 3.05) is 7.05 Å². The molecular formula is C13H20N2OS. The number of amides is 1. The monoisotopic (exact) mass is 252 g/mol. The standard InChI is InChI=1S/C13H20N2OS/c1-9-3-8-12(17-9)13(16)15-11-6-4-10(14-2)5-7-11/h3,8,10-11,14H,4-7H2,1-2H3,(H,15,16). The first-order valence-electron chi connectivity index (χ1n) is 6.23. The highest BCUT2D eigenvalue weighted by Crippen LogP contribution is 2.20. The van der Waals surface area contributed by atoms with Crippen LogP contribution in [0, 0.1) is 6.92 Å². The van der Waals surface area contributed by atoms with Crippen molar-refractivity contribution in [3.05, 3.63) is 21.9 Å². The summed E-state index contributed by atoms with van der Waals surface area (Å²) in [5, 5.41) is 6.44. The molecule has 1 saturated carbocycles. The molecule has 1 aliphatic carbocycles. The second-order valence-corrected chi connectivity index (χ2v) is 6.01. The van der Waals surface area contributed by atoms with Gasteiger partial charge in [-0.15, -0.1) is 11.3 Å². The number of carbonyl (C=O) groups is 1. The predicted molar refractivity (Wildman–Crippen MR) is 71.6 cm³/mol. The van der Waals surface area contributed by atoms with E-state index in [9.17, 15) is 4.79 Å². The van der Waals surface area contributed by atoms with Crippen LogP contribution in [0.5, 0.6) is 0 Å². The third kappa shape index (κ3) is 3.30. The minimum absolute atomic E-state index is 0.0935. The summed E-state index contributed by atoms with van der Waals surface area (Å²) in [4.78, 5) is 14.0. The van der Waals surface area contributed by atoms with Gasteiger partial charge in [-0.05, 0) is 51.8 Å². The van der Waals surface area contributed by atoms with Crippen LogP contribution in [0.3, 0.4) is 0 Å². The molecule has 0 aromatic carbocycles. The number of hydrogen-bond acceptors (Lipinski definition) is 3. The summed E-state index contributed by atoms with van der Waals surface area (Å²) < 4.78 is 0. The molecule has 0 bridgehead atoms. The lowest BCUT2D eigenvalue weighted by Gasteiger charge is -2.28. The van der Waals surface area contributed by atoms with Crippen molar-refractivity contribution in [2.24, 2.45) is 0 Å². The van der Waals surface area contributed by atoms with Gasteiger partial charge in [0.2, 0.25) is 0 Å². The molecule has 0 atom stereocenters. The van der Waals surface area contributed by atoms with Crippen LogP contribution >= 0.6 is 11.3 Å². The van der Waals surface area contributed by atoms with Crippen molar-refractivity contribution in [2.45, 2.75) is 44.7 Å². The van der Waals surface area contributed by atoms with E-state index >= 15 is 0 Å². The highest BCUT2D eigenvalue weighted by atomic mass is 32.1. The molecular weight excluding hydrogens is 232 g/mol. The molecule has 0 saturated heterocycles. The first kappa shape index (κ1) is 12.6. The molecule has 94 valence electrons. The largest absolute Gasteiger partial charge is 0.349 e. The summed E-state index contributed by atoms with van der Waals surface area (Å²) in [7, 11) is 2.01. The molecule has 0 unspecified atom stereocenters. The second-order valence-electron chi connectivity index (χ2n) is 4.72. The van der Waals surface area contributed by atoms with E-state index in [1.807, 2.05) is 26.1 Å². The lowest BCUT2D eigenvalue weighted by molar-refractivity contribution is 0.0929. The lowest BCUT2D eigenvalue weighted by atomic mass is 9.91. The summed E-state index contributed by atoms with van der Waals surface area (Å²) >= 11 is 1.57. The fourth-order valence-electron chi connectivity index (χ4n) is 2.34. The van der Waals surface area contributed by atoms with Gasteiger partial charge in [0.1, 0.15) is 0 Å². The Kier molecular flexibility index (Phi) is 4.18. The smallest absolute Gasteiger partial charge is 0.261 e. The zero-order chi connectivity index (χ0) is 12.3. The Morgan fingerprint density at radius 2 is 1.88 bits per heavy atom. The molecule has 0 radical (unpaired) electrons. The maximum absolute atomic E-state index is 12.0. The Morgan fingerprint density at radius 3 is 2.41 bits per heavy atom. The number of aryl methyl sites for hydroxylation is 1. The number of carbonyl (C=O) groups excluding carboxylic acids is 1. The minimum atomic E-state index is 0.0935.